The van der Waals surface area contributed by atoms with Crippen LogP contribution < -0.4 is 10.2 Å². The molecular weight excluding hydrogens is 322 g/mol. The van der Waals surface area contributed by atoms with Gasteiger partial charge in [0.15, 0.2) is 0 Å². The third-order valence-corrected chi connectivity index (χ3v) is 4.40. The second-order valence-corrected chi connectivity index (χ2v) is 6.21. The van der Waals surface area contributed by atoms with Crippen LogP contribution in [0.1, 0.15) is 25.8 Å². The fraction of sp³-hybridized carbons (Fsp3) is 0.529. The molecule has 1 aromatic carbocycles. The first-order valence-corrected chi connectivity index (χ1v) is 8.39. The second kappa shape index (κ2) is 8.44. The van der Waals surface area contributed by atoms with Crippen LogP contribution in [-0.2, 0) is 4.79 Å². The lowest BCUT2D eigenvalue weighted by Crippen LogP contribution is -2.50. The molecule has 0 aromatic heterocycles. The predicted molar refractivity (Wildman–Crippen MR) is 94.4 cm³/mol. The van der Waals surface area contributed by atoms with E-state index in [1.165, 1.54) is 6.07 Å². The Morgan fingerprint density at radius 1 is 1.40 bits per heavy atom. The minimum absolute atomic E-state index is 0.00662. The zero-order chi connectivity index (χ0) is 18.4. The Labute approximate surface area is 147 Å². The Balaban J connectivity index is 1.97. The number of nitrogens with one attached hydrogen (secondary N) is 1. The molecule has 1 aliphatic heterocycles. The number of nitro benzene ring substituents is 1. The van der Waals surface area contributed by atoms with E-state index in [2.05, 4.69) is 5.32 Å². The summed E-state index contributed by atoms with van der Waals surface area (Å²) in [6.45, 7) is 6.85. The summed E-state index contributed by atoms with van der Waals surface area (Å²) in [5.41, 5.74) is 0.741. The van der Waals surface area contributed by atoms with Gasteiger partial charge in [-0.15, -0.1) is 0 Å². The molecule has 1 fully saturated rings. The van der Waals surface area contributed by atoms with Crippen molar-refractivity contribution < 1.29 is 9.72 Å². The number of anilines is 1. The van der Waals surface area contributed by atoms with Crippen LogP contribution in [-0.4, -0.2) is 54.5 Å². The molecule has 134 valence electrons. The maximum absolute atomic E-state index is 12.0. The van der Waals surface area contributed by atoms with Gasteiger partial charge in [-0.1, -0.05) is 6.92 Å². The highest BCUT2D eigenvalue weighted by atomic mass is 16.6. The van der Waals surface area contributed by atoms with E-state index in [-0.39, 0.29) is 23.2 Å². The summed E-state index contributed by atoms with van der Waals surface area (Å²) in [4.78, 5) is 26.8. The van der Waals surface area contributed by atoms with Gasteiger partial charge in [0.1, 0.15) is 5.69 Å². The number of nitro groups is 1. The van der Waals surface area contributed by atoms with Crippen LogP contribution in [0.15, 0.2) is 18.2 Å². The molecular formula is C17H23N5O3. The van der Waals surface area contributed by atoms with E-state index in [9.17, 15) is 14.9 Å². The summed E-state index contributed by atoms with van der Waals surface area (Å²) in [6.07, 6.45) is 0.891. The van der Waals surface area contributed by atoms with Crippen LogP contribution in [0.3, 0.4) is 0 Å². The Kier molecular flexibility index (Phi) is 6.31. The molecule has 0 saturated carbocycles. The molecule has 8 nitrogen and oxygen atoms in total. The molecule has 1 amide bonds. The van der Waals surface area contributed by atoms with Crippen molar-refractivity contribution in [2.75, 3.05) is 37.6 Å². The number of piperazine rings is 1. The molecule has 8 heteroatoms. The zero-order valence-corrected chi connectivity index (χ0v) is 14.6. The topological polar surface area (TPSA) is 103 Å². The number of rotatable bonds is 6. The highest BCUT2D eigenvalue weighted by Crippen LogP contribution is 2.29. The van der Waals surface area contributed by atoms with Gasteiger partial charge >= 0.3 is 0 Å². The van der Waals surface area contributed by atoms with Crippen LogP contribution in [0.5, 0.6) is 0 Å². The van der Waals surface area contributed by atoms with Gasteiger partial charge in [-0.25, -0.2) is 0 Å². The SMILES string of the molecule is CCC(C)NC(=O)CN1CCN(c2ccc(C#N)cc2[N+](=O)[O-])CC1. The van der Waals surface area contributed by atoms with E-state index in [1.54, 1.807) is 12.1 Å². The van der Waals surface area contributed by atoms with Crippen molar-refractivity contribution in [3.8, 4) is 6.07 Å². The minimum atomic E-state index is -0.456. The van der Waals surface area contributed by atoms with Crippen molar-refractivity contribution in [3.05, 3.63) is 33.9 Å². The molecule has 1 saturated heterocycles. The average molecular weight is 345 g/mol. The Morgan fingerprint density at radius 3 is 2.64 bits per heavy atom. The number of carbonyl (C=O) groups is 1. The smallest absolute Gasteiger partial charge is 0.293 e. The molecule has 0 spiro atoms. The van der Waals surface area contributed by atoms with E-state index in [4.69, 9.17) is 5.26 Å². The van der Waals surface area contributed by atoms with Crippen molar-refractivity contribution in [1.29, 1.82) is 5.26 Å². The zero-order valence-electron chi connectivity index (χ0n) is 14.6. The third kappa shape index (κ3) is 4.90. The maximum atomic E-state index is 12.0. The van der Waals surface area contributed by atoms with Crippen LogP contribution in [0.4, 0.5) is 11.4 Å². The monoisotopic (exact) mass is 345 g/mol. The van der Waals surface area contributed by atoms with Crippen LogP contribution >= 0.6 is 0 Å². The molecule has 0 radical (unpaired) electrons. The molecule has 25 heavy (non-hydrogen) atoms. The number of nitriles is 1. The normalized spacial score (nSPS) is 16.1. The summed E-state index contributed by atoms with van der Waals surface area (Å²) >= 11 is 0. The van der Waals surface area contributed by atoms with Crippen molar-refractivity contribution >= 4 is 17.3 Å². The average Bonchev–Trinajstić information content (AvgIpc) is 2.61. The van der Waals surface area contributed by atoms with Gasteiger partial charge in [0, 0.05) is 38.3 Å². The van der Waals surface area contributed by atoms with E-state index in [0.717, 1.165) is 6.42 Å². The molecule has 2 rings (SSSR count). The maximum Gasteiger partial charge on any atom is 0.293 e. The number of hydrogen-bond acceptors (Lipinski definition) is 6. The highest BCUT2D eigenvalue weighted by molar-refractivity contribution is 5.78. The van der Waals surface area contributed by atoms with Gasteiger partial charge in [-0.05, 0) is 25.5 Å². The summed E-state index contributed by atoms with van der Waals surface area (Å²) in [6, 6.07) is 6.61. The number of amides is 1. The fourth-order valence-electron chi connectivity index (χ4n) is 2.78. The predicted octanol–water partition coefficient (Wildman–Crippen LogP) is 1.50. The van der Waals surface area contributed by atoms with Crippen molar-refractivity contribution in [2.45, 2.75) is 26.3 Å². The van der Waals surface area contributed by atoms with Crippen molar-refractivity contribution in [3.63, 3.8) is 0 Å². The summed E-state index contributed by atoms with van der Waals surface area (Å²) in [7, 11) is 0. The van der Waals surface area contributed by atoms with Crippen LogP contribution in [0.2, 0.25) is 0 Å². The van der Waals surface area contributed by atoms with Gasteiger partial charge in [0.25, 0.3) is 5.69 Å². The molecule has 0 aliphatic carbocycles. The minimum Gasteiger partial charge on any atom is -0.363 e. The van der Waals surface area contributed by atoms with Gasteiger partial charge in [0.05, 0.1) is 23.1 Å². The van der Waals surface area contributed by atoms with Crippen molar-refractivity contribution in [1.82, 2.24) is 10.2 Å². The molecule has 1 aromatic rings. The van der Waals surface area contributed by atoms with E-state index in [1.807, 2.05) is 29.7 Å². The second-order valence-electron chi connectivity index (χ2n) is 6.21. The molecule has 1 aliphatic rings. The summed E-state index contributed by atoms with van der Waals surface area (Å²) < 4.78 is 0. The lowest BCUT2D eigenvalue weighted by molar-refractivity contribution is -0.384. The summed E-state index contributed by atoms with van der Waals surface area (Å²) in [5, 5.41) is 23.1. The Morgan fingerprint density at radius 2 is 2.08 bits per heavy atom. The van der Waals surface area contributed by atoms with Crippen LogP contribution in [0.25, 0.3) is 0 Å². The summed E-state index contributed by atoms with van der Waals surface area (Å²) in [5.74, 6) is 0.00662. The van der Waals surface area contributed by atoms with Gasteiger partial charge < -0.3 is 10.2 Å². The number of benzene rings is 1. The van der Waals surface area contributed by atoms with Gasteiger partial charge in [-0.2, -0.15) is 5.26 Å². The highest BCUT2D eigenvalue weighted by Gasteiger charge is 2.25. The first-order valence-electron chi connectivity index (χ1n) is 8.39. The molecule has 1 atom stereocenters. The first-order chi connectivity index (χ1) is 11.9. The first kappa shape index (κ1) is 18.7. The number of carbonyl (C=O) groups excluding carboxylic acids is 1. The molecule has 1 N–H and O–H groups in total. The molecule has 1 heterocycles. The lowest BCUT2D eigenvalue weighted by atomic mass is 10.1. The molecule has 1 unspecified atom stereocenters. The largest absolute Gasteiger partial charge is 0.363 e. The standard InChI is InChI=1S/C17H23N5O3/c1-3-13(2)19-17(23)12-20-6-8-21(9-7-20)15-5-4-14(11-18)10-16(15)22(24)25/h4-5,10,13H,3,6-9,12H2,1-2H3,(H,19,23). The molecule has 0 bridgehead atoms. The Hall–Kier alpha value is -2.66. The van der Waals surface area contributed by atoms with Gasteiger partial charge in [-0.3, -0.25) is 19.8 Å². The third-order valence-electron chi connectivity index (χ3n) is 4.40. The Bertz CT molecular complexity index is 677. The van der Waals surface area contributed by atoms with E-state index in [0.29, 0.717) is 38.4 Å². The van der Waals surface area contributed by atoms with Crippen LogP contribution in [0, 0.1) is 21.4 Å². The number of nitrogens with zero attached hydrogens (tertiary/aromatic N) is 4. The fourth-order valence-corrected chi connectivity index (χ4v) is 2.78. The van der Waals surface area contributed by atoms with E-state index < -0.39 is 4.92 Å². The van der Waals surface area contributed by atoms with E-state index >= 15 is 0 Å². The quantitative estimate of drug-likeness (QED) is 0.619. The van der Waals surface area contributed by atoms with Gasteiger partial charge in [0.2, 0.25) is 5.91 Å². The number of hydrogen-bond donors (Lipinski definition) is 1. The van der Waals surface area contributed by atoms with Crippen molar-refractivity contribution in [2.24, 2.45) is 0 Å². The lowest BCUT2D eigenvalue weighted by Gasteiger charge is -2.35.